The van der Waals surface area contributed by atoms with E-state index in [-0.39, 0.29) is 17.5 Å². The van der Waals surface area contributed by atoms with Crippen LogP contribution < -0.4 is 5.32 Å². The number of aryl methyl sites for hydroxylation is 2. The standard InChI is InChI=1S/C17H20N2O3S/c1-3-14(16-18-11(2)10-23-16)19-15(20)9-6-12-4-7-13(8-5-12)17(21)22/h4-5,7-8,10,14H,3,6,9H2,1-2H3,(H,19,20)(H,21,22). The minimum atomic E-state index is -0.946. The van der Waals surface area contributed by atoms with Crippen LogP contribution in [0.4, 0.5) is 0 Å². The lowest BCUT2D eigenvalue weighted by atomic mass is 10.1. The van der Waals surface area contributed by atoms with Gasteiger partial charge in [-0.3, -0.25) is 4.79 Å². The van der Waals surface area contributed by atoms with E-state index in [2.05, 4.69) is 10.3 Å². The van der Waals surface area contributed by atoms with Crippen LogP contribution in [0.25, 0.3) is 0 Å². The lowest BCUT2D eigenvalue weighted by Crippen LogP contribution is -2.28. The van der Waals surface area contributed by atoms with Gasteiger partial charge in [0, 0.05) is 17.5 Å². The summed E-state index contributed by atoms with van der Waals surface area (Å²) >= 11 is 1.56. The fraction of sp³-hybridized carbons (Fsp3) is 0.353. The van der Waals surface area contributed by atoms with Crippen LogP contribution in [0.15, 0.2) is 29.6 Å². The number of nitrogens with one attached hydrogen (secondary N) is 1. The Balaban J connectivity index is 1.87. The van der Waals surface area contributed by atoms with Gasteiger partial charge >= 0.3 is 5.97 Å². The molecule has 1 unspecified atom stereocenters. The van der Waals surface area contributed by atoms with E-state index in [9.17, 15) is 9.59 Å². The van der Waals surface area contributed by atoms with Crippen LogP contribution in [0.1, 0.15) is 52.4 Å². The maximum absolute atomic E-state index is 12.1. The van der Waals surface area contributed by atoms with Gasteiger partial charge in [0.05, 0.1) is 11.6 Å². The van der Waals surface area contributed by atoms with Gasteiger partial charge in [-0.05, 0) is 37.5 Å². The van der Waals surface area contributed by atoms with Gasteiger partial charge in [-0.15, -0.1) is 11.3 Å². The Bertz CT molecular complexity index is 679. The molecule has 2 rings (SSSR count). The van der Waals surface area contributed by atoms with E-state index in [1.165, 1.54) is 0 Å². The minimum Gasteiger partial charge on any atom is -0.478 e. The number of carboxylic acid groups (broad SMARTS) is 1. The zero-order valence-corrected chi connectivity index (χ0v) is 14.0. The Labute approximate surface area is 139 Å². The van der Waals surface area contributed by atoms with E-state index in [4.69, 9.17) is 5.11 Å². The number of nitrogens with zero attached hydrogens (tertiary/aromatic N) is 1. The van der Waals surface area contributed by atoms with Gasteiger partial charge in [0.2, 0.25) is 5.91 Å². The number of carbonyl (C=O) groups is 2. The summed E-state index contributed by atoms with van der Waals surface area (Å²) in [4.78, 5) is 27.3. The van der Waals surface area contributed by atoms with Crippen molar-refractivity contribution in [3.8, 4) is 0 Å². The highest BCUT2D eigenvalue weighted by molar-refractivity contribution is 7.09. The molecule has 0 saturated carbocycles. The molecule has 122 valence electrons. The van der Waals surface area contributed by atoms with Crippen molar-refractivity contribution in [1.82, 2.24) is 10.3 Å². The largest absolute Gasteiger partial charge is 0.478 e. The predicted octanol–water partition coefficient (Wildman–Crippen LogP) is 3.35. The third-order valence-electron chi connectivity index (χ3n) is 3.52. The van der Waals surface area contributed by atoms with Crippen LogP contribution in [0.5, 0.6) is 0 Å². The summed E-state index contributed by atoms with van der Waals surface area (Å²) in [5, 5.41) is 14.8. The normalized spacial score (nSPS) is 11.9. The Morgan fingerprint density at radius 1 is 1.30 bits per heavy atom. The average molecular weight is 332 g/mol. The molecule has 2 aromatic rings. The Hall–Kier alpha value is -2.21. The van der Waals surface area contributed by atoms with Crippen LogP contribution >= 0.6 is 11.3 Å². The number of aromatic nitrogens is 1. The first kappa shape index (κ1) is 17.1. The van der Waals surface area contributed by atoms with Gasteiger partial charge in [-0.25, -0.2) is 9.78 Å². The molecule has 1 heterocycles. The molecule has 5 nitrogen and oxygen atoms in total. The Morgan fingerprint density at radius 3 is 2.52 bits per heavy atom. The monoisotopic (exact) mass is 332 g/mol. The lowest BCUT2D eigenvalue weighted by molar-refractivity contribution is -0.121. The van der Waals surface area contributed by atoms with Crippen molar-refractivity contribution in [3.05, 3.63) is 51.5 Å². The highest BCUT2D eigenvalue weighted by Gasteiger charge is 2.15. The molecule has 1 aromatic carbocycles. The average Bonchev–Trinajstić information content (AvgIpc) is 2.97. The van der Waals surface area contributed by atoms with Gasteiger partial charge < -0.3 is 10.4 Å². The fourth-order valence-corrected chi connectivity index (χ4v) is 3.14. The smallest absolute Gasteiger partial charge is 0.335 e. The molecule has 0 radical (unpaired) electrons. The molecule has 2 N–H and O–H groups in total. The molecule has 0 aliphatic carbocycles. The highest BCUT2D eigenvalue weighted by atomic mass is 32.1. The third kappa shape index (κ3) is 4.89. The molecule has 0 spiro atoms. The minimum absolute atomic E-state index is 0.0213. The summed E-state index contributed by atoms with van der Waals surface area (Å²) in [6.45, 7) is 3.96. The van der Waals surface area contributed by atoms with Crippen molar-refractivity contribution in [2.45, 2.75) is 39.2 Å². The number of carboxylic acids is 1. The predicted molar refractivity (Wildman–Crippen MR) is 89.7 cm³/mol. The zero-order valence-electron chi connectivity index (χ0n) is 13.2. The topological polar surface area (TPSA) is 79.3 Å². The van der Waals surface area contributed by atoms with Crippen molar-refractivity contribution < 1.29 is 14.7 Å². The van der Waals surface area contributed by atoms with E-state index in [0.29, 0.717) is 12.8 Å². The summed E-state index contributed by atoms with van der Waals surface area (Å²) < 4.78 is 0. The zero-order chi connectivity index (χ0) is 16.8. The second-order valence-corrected chi connectivity index (χ2v) is 6.25. The van der Waals surface area contributed by atoms with Gasteiger partial charge in [0.15, 0.2) is 0 Å². The molecule has 1 aromatic heterocycles. The summed E-state index contributed by atoms with van der Waals surface area (Å²) in [5.74, 6) is -0.967. The van der Waals surface area contributed by atoms with E-state index in [1.807, 2.05) is 19.2 Å². The number of thiazole rings is 1. The Kier molecular flexibility index (Phi) is 5.87. The fourth-order valence-electron chi connectivity index (χ4n) is 2.21. The third-order valence-corrected chi connectivity index (χ3v) is 4.60. The van der Waals surface area contributed by atoms with Crippen LogP contribution in [-0.2, 0) is 11.2 Å². The summed E-state index contributed by atoms with van der Waals surface area (Å²) in [5.41, 5.74) is 2.17. The SMILES string of the molecule is CCC(NC(=O)CCc1ccc(C(=O)O)cc1)c1nc(C)cs1. The molecule has 0 saturated heterocycles. The first-order valence-electron chi connectivity index (χ1n) is 7.53. The van der Waals surface area contributed by atoms with Gasteiger partial charge in [-0.2, -0.15) is 0 Å². The molecule has 0 aliphatic rings. The number of hydrogen-bond acceptors (Lipinski definition) is 4. The van der Waals surface area contributed by atoms with Gasteiger partial charge in [0.25, 0.3) is 0 Å². The van der Waals surface area contributed by atoms with Crippen LogP contribution in [0.2, 0.25) is 0 Å². The van der Waals surface area contributed by atoms with Gasteiger partial charge in [0.1, 0.15) is 5.01 Å². The summed E-state index contributed by atoms with van der Waals surface area (Å²) in [6.07, 6.45) is 1.75. The molecule has 0 fully saturated rings. The quantitative estimate of drug-likeness (QED) is 0.815. The van der Waals surface area contributed by atoms with Crippen molar-refractivity contribution >= 4 is 23.2 Å². The summed E-state index contributed by atoms with van der Waals surface area (Å²) in [7, 11) is 0. The van der Waals surface area contributed by atoms with Crippen molar-refractivity contribution in [3.63, 3.8) is 0 Å². The van der Waals surface area contributed by atoms with E-state index in [0.717, 1.165) is 22.7 Å². The molecular formula is C17H20N2O3S. The van der Waals surface area contributed by atoms with Crippen molar-refractivity contribution in [2.24, 2.45) is 0 Å². The maximum atomic E-state index is 12.1. The second-order valence-electron chi connectivity index (χ2n) is 5.36. The number of carbonyl (C=O) groups excluding carboxylic acids is 1. The first-order chi connectivity index (χ1) is 11.0. The number of aromatic carboxylic acids is 1. The van der Waals surface area contributed by atoms with Crippen LogP contribution in [0, 0.1) is 6.92 Å². The molecule has 23 heavy (non-hydrogen) atoms. The number of hydrogen-bond donors (Lipinski definition) is 2. The summed E-state index contributed by atoms with van der Waals surface area (Å²) in [6, 6.07) is 6.57. The first-order valence-corrected chi connectivity index (χ1v) is 8.41. The molecule has 6 heteroatoms. The van der Waals surface area contributed by atoms with E-state index >= 15 is 0 Å². The van der Waals surface area contributed by atoms with Crippen molar-refractivity contribution in [1.29, 1.82) is 0 Å². The molecule has 1 amide bonds. The number of rotatable bonds is 7. The van der Waals surface area contributed by atoms with E-state index in [1.54, 1.807) is 35.6 Å². The highest BCUT2D eigenvalue weighted by Crippen LogP contribution is 2.21. The lowest BCUT2D eigenvalue weighted by Gasteiger charge is -2.14. The van der Waals surface area contributed by atoms with E-state index < -0.39 is 5.97 Å². The maximum Gasteiger partial charge on any atom is 0.335 e. The Morgan fingerprint density at radius 2 is 2.00 bits per heavy atom. The van der Waals surface area contributed by atoms with Crippen LogP contribution in [0.3, 0.4) is 0 Å². The number of benzene rings is 1. The number of amides is 1. The van der Waals surface area contributed by atoms with Crippen molar-refractivity contribution in [2.75, 3.05) is 0 Å². The second kappa shape index (κ2) is 7.87. The van der Waals surface area contributed by atoms with Gasteiger partial charge in [-0.1, -0.05) is 19.1 Å². The molecule has 1 atom stereocenters. The molecular weight excluding hydrogens is 312 g/mol. The molecule has 0 aliphatic heterocycles. The molecule has 0 bridgehead atoms. The van der Waals surface area contributed by atoms with Crippen LogP contribution in [-0.4, -0.2) is 22.0 Å².